The average molecular weight is 320 g/mol. The smallest absolute Gasteiger partial charge is 0.252 e. The van der Waals surface area contributed by atoms with Crippen LogP contribution in [0.5, 0.6) is 0 Å². The highest BCUT2D eigenvalue weighted by Gasteiger charge is 2.27. The van der Waals surface area contributed by atoms with Crippen LogP contribution in [0.1, 0.15) is 10.4 Å². The van der Waals surface area contributed by atoms with Crippen LogP contribution in [0.15, 0.2) is 22.7 Å². The van der Waals surface area contributed by atoms with E-state index in [0.717, 1.165) is 0 Å². The van der Waals surface area contributed by atoms with E-state index in [1.165, 1.54) is 0 Å². The van der Waals surface area contributed by atoms with Crippen molar-refractivity contribution in [3.63, 3.8) is 0 Å². The first-order valence-electron chi connectivity index (χ1n) is 5.22. The molecule has 0 aromatic heterocycles. The Hall–Kier alpha value is -0.620. The molecule has 2 rings (SSSR count). The van der Waals surface area contributed by atoms with Gasteiger partial charge in [-0.25, -0.2) is 0 Å². The van der Waals surface area contributed by atoms with Crippen LogP contribution in [-0.2, 0) is 0 Å². The zero-order valence-electron chi connectivity index (χ0n) is 8.91. The van der Waals surface area contributed by atoms with Gasteiger partial charge in [-0.15, -0.1) is 0 Å². The molecule has 3 N–H and O–H groups in total. The van der Waals surface area contributed by atoms with E-state index in [1.807, 2.05) is 0 Å². The molecule has 0 saturated carbocycles. The van der Waals surface area contributed by atoms with Crippen molar-refractivity contribution in [3.05, 3.63) is 33.3 Å². The molecule has 6 heteroatoms. The van der Waals surface area contributed by atoms with Crippen LogP contribution in [0.2, 0.25) is 5.02 Å². The predicted molar refractivity (Wildman–Crippen MR) is 69.3 cm³/mol. The van der Waals surface area contributed by atoms with Crippen LogP contribution in [0.4, 0.5) is 0 Å². The molecule has 1 fully saturated rings. The second kappa shape index (κ2) is 5.35. The fraction of sp³-hybridized carbons (Fsp3) is 0.364. The molecule has 2 atom stereocenters. The van der Waals surface area contributed by atoms with E-state index in [2.05, 4.69) is 26.6 Å². The second-order valence-corrected chi connectivity index (χ2v) is 5.22. The molecule has 92 valence electrons. The van der Waals surface area contributed by atoms with Gasteiger partial charge in [0.25, 0.3) is 5.91 Å². The Balaban J connectivity index is 2.11. The number of carbonyl (C=O) groups excluding carboxylic acids is 1. The van der Waals surface area contributed by atoms with Gasteiger partial charge < -0.3 is 15.7 Å². The van der Waals surface area contributed by atoms with E-state index in [4.69, 9.17) is 11.6 Å². The number of benzene rings is 1. The molecule has 1 aliphatic heterocycles. The van der Waals surface area contributed by atoms with Crippen molar-refractivity contribution in [1.29, 1.82) is 0 Å². The number of hydrogen-bond acceptors (Lipinski definition) is 3. The number of aliphatic hydroxyl groups is 1. The molecule has 1 aromatic carbocycles. The molecule has 1 aliphatic rings. The van der Waals surface area contributed by atoms with E-state index < -0.39 is 6.10 Å². The van der Waals surface area contributed by atoms with Gasteiger partial charge in [0.2, 0.25) is 0 Å². The van der Waals surface area contributed by atoms with Crippen molar-refractivity contribution in [2.75, 3.05) is 13.1 Å². The number of rotatable bonds is 2. The monoisotopic (exact) mass is 318 g/mol. The Morgan fingerprint density at radius 2 is 2.29 bits per heavy atom. The van der Waals surface area contributed by atoms with Crippen molar-refractivity contribution in [3.8, 4) is 0 Å². The van der Waals surface area contributed by atoms with Gasteiger partial charge in [0.1, 0.15) is 0 Å². The number of β-amino-alcohol motifs (C(OH)–C–C–N with tert-alkyl or cyclic N) is 1. The first-order valence-corrected chi connectivity index (χ1v) is 6.39. The lowest BCUT2D eigenvalue weighted by molar-refractivity contribution is 0.0888. The Bertz CT molecular complexity index is 441. The highest BCUT2D eigenvalue weighted by atomic mass is 79.9. The quantitative estimate of drug-likeness (QED) is 0.767. The van der Waals surface area contributed by atoms with Crippen molar-refractivity contribution in [2.24, 2.45) is 0 Å². The third-order valence-electron chi connectivity index (χ3n) is 2.67. The largest absolute Gasteiger partial charge is 0.390 e. The van der Waals surface area contributed by atoms with Gasteiger partial charge in [-0.1, -0.05) is 11.6 Å². The minimum atomic E-state index is -0.545. The molecular weight excluding hydrogens is 307 g/mol. The molecule has 0 unspecified atom stereocenters. The molecule has 0 radical (unpaired) electrons. The third kappa shape index (κ3) is 2.98. The first kappa shape index (κ1) is 12.8. The first-order chi connectivity index (χ1) is 8.08. The number of aliphatic hydroxyl groups excluding tert-OH is 1. The van der Waals surface area contributed by atoms with Crippen LogP contribution in [-0.4, -0.2) is 36.2 Å². The Kier molecular flexibility index (Phi) is 4.04. The van der Waals surface area contributed by atoms with Crippen LogP contribution in [0, 0.1) is 0 Å². The van der Waals surface area contributed by atoms with E-state index in [1.54, 1.807) is 18.2 Å². The maximum absolute atomic E-state index is 12.0. The number of carbonyl (C=O) groups is 1. The molecule has 0 aliphatic carbocycles. The number of amides is 1. The van der Waals surface area contributed by atoms with Gasteiger partial charge in [0.05, 0.1) is 17.7 Å². The molecule has 1 heterocycles. The maximum atomic E-state index is 12.0. The predicted octanol–water partition coefficient (Wildman–Crippen LogP) is 1.17. The fourth-order valence-corrected chi connectivity index (χ4v) is 2.33. The lowest BCUT2D eigenvalue weighted by Gasteiger charge is -2.16. The van der Waals surface area contributed by atoms with Crippen LogP contribution < -0.4 is 10.6 Å². The van der Waals surface area contributed by atoms with Crippen LogP contribution in [0.3, 0.4) is 0 Å². The van der Waals surface area contributed by atoms with Gasteiger partial charge in [0, 0.05) is 22.6 Å². The number of nitrogens with one attached hydrogen (secondary N) is 2. The summed E-state index contributed by atoms with van der Waals surface area (Å²) in [6.07, 6.45) is -0.545. The molecule has 1 saturated heterocycles. The van der Waals surface area contributed by atoms with Gasteiger partial charge in [-0.2, -0.15) is 0 Å². The third-order valence-corrected chi connectivity index (χ3v) is 3.60. The fourth-order valence-electron chi connectivity index (χ4n) is 1.73. The summed E-state index contributed by atoms with van der Waals surface area (Å²) in [6.45, 7) is 1.08. The van der Waals surface area contributed by atoms with E-state index in [-0.39, 0.29) is 11.9 Å². The summed E-state index contributed by atoms with van der Waals surface area (Å²) in [6, 6.07) is 4.76. The standard InChI is InChI=1S/C11H12BrClN2O2/c12-8-2-1-6(13)3-7(8)11(17)15-9-4-14-5-10(9)16/h1-3,9-10,14,16H,4-5H2,(H,15,17)/t9-,10+/m0/s1. The second-order valence-electron chi connectivity index (χ2n) is 3.93. The number of halogens is 2. The summed E-state index contributed by atoms with van der Waals surface area (Å²) in [5.74, 6) is -0.243. The molecule has 0 bridgehead atoms. The number of hydrogen-bond donors (Lipinski definition) is 3. The summed E-state index contributed by atoms with van der Waals surface area (Å²) >= 11 is 9.14. The normalized spacial score (nSPS) is 23.7. The van der Waals surface area contributed by atoms with Gasteiger partial charge >= 0.3 is 0 Å². The van der Waals surface area contributed by atoms with Crippen molar-refractivity contribution < 1.29 is 9.90 Å². The Morgan fingerprint density at radius 3 is 2.94 bits per heavy atom. The molecule has 0 spiro atoms. The average Bonchev–Trinajstić information content (AvgIpc) is 2.68. The van der Waals surface area contributed by atoms with Gasteiger partial charge in [-0.3, -0.25) is 4.79 Å². The van der Waals surface area contributed by atoms with Gasteiger partial charge in [0.15, 0.2) is 0 Å². The van der Waals surface area contributed by atoms with Crippen molar-refractivity contribution in [2.45, 2.75) is 12.1 Å². The molecule has 1 aromatic rings. The van der Waals surface area contributed by atoms with E-state index in [0.29, 0.717) is 28.1 Å². The molecule has 1 amide bonds. The van der Waals surface area contributed by atoms with Crippen molar-refractivity contribution in [1.82, 2.24) is 10.6 Å². The van der Waals surface area contributed by atoms with Crippen LogP contribution in [0.25, 0.3) is 0 Å². The van der Waals surface area contributed by atoms with Crippen molar-refractivity contribution >= 4 is 33.4 Å². The zero-order chi connectivity index (χ0) is 12.4. The minimum absolute atomic E-state index is 0.243. The van der Waals surface area contributed by atoms with E-state index >= 15 is 0 Å². The Morgan fingerprint density at radius 1 is 1.53 bits per heavy atom. The summed E-state index contributed by atoms with van der Waals surface area (Å²) in [7, 11) is 0. The van der Waals surface area contributed by atoms with Crippen LogP contribution >= 0.6 is 27.5 Å². The Labute approximate surface area is 112 Å². The van der Waals surface area contributed by atoms with Gasteiger partial charge in [-0.05, 0) is 34.1 Å². The van der Waals surface area contributed by atoms with E-state index in [9.17, 15) is 9.90 Å². The molecule has 17 heavy (non-hydrogen) atoms. The SMILES string of the molecule is O=C(N[C@H]1CNC[C@H]1O)c1cc(Cl)ccc1Br. The lowest BCUT2D eigenvalue weighted by Crippen LogP contribution is -2.42. The summed E-state index contributed by atoms with van der Waals surface area (Å²) in [4.78, 5) is 12.0. The highest BCUT2D eigenvalue weighted by molar-refractivity contribution is 9.10. The molecule has 4 nitrogen and oxygen atoms in total. The topological polar surface area (TPSA) is 61.4 Å². The molecular formula is C11H12BrClN2O2. The maximum Gasteiger partial charge on any atom is 0.252 e. The minimum Gasteiger partial charge on any atom is -0.390 e. The summed E-state index contributed by atoms with van der Waals surface area (Å²) < 4.78 is 0.680. The summed E-state index contributed by atoms with van der Waals surface area (Å²) in [5.41, 5.74) is 0.469. The zero-order valence-corrected chi connectivity index (χ0v) is 11.3. The summed E-state index contributed by atoms with van der Waals surface area (Å²) in [5, 5.41) is 15.9. The lowest BCUT2D eigenvalue weighted by atomic mass is 10.1. The highest BCUT2D eigenvalue weighted by Crippen LogP contribution is 2.21.